The molecule has 19 nitrogen and oxygen atoms in total. The largest absolute Gasteiger partial charge is 0.480 e. The SMILES string of the molecule is C[C@H](NC(=O)[C@H](CCCN=C(N)N)NC(=O)[C@@H](NC(=O)[C@H](Cc1cnc[nH]1)NC(=O)[C@@H](N)CCC(N)=O)[C@@H](C)O)C(=O)O. The highest BCUT2D eigenvalue weighted by Crippen LogP contribution is 2.06. The number of carbonyl (C=O) groups is 6. The van der Waals surface area contributed by atoms with E-state index in [-0.39, 0.29) is 44.6 Å². The third-order valence-corrected chi connectivity index (χ3v) is 6.02. The summed E-state index contributed by atoms with van der Waals surface area (Å²) in [7, 11) is 0. The smallest absolute Gasteiger partial charge is 0.325 e. The van der Waals surface area contributed by atoms with Crippen LogP contribution in [-0.2, 0) is 35.2 Å². The highest BCUT2D eigenvalue weighted by Gasteiger charge is 2.33. The van der Waals surface area contributed by atoms with Crippen molar-refractivity contribution in [2.45, 2.75) is 82.3 Å². The molecule has 5 amide bonds. The van der Waals surface area contributed by atoms with E-state index in [1.54, 1.807) is 0 Å². The molecule has 0 fully saturated rings. The number of hydrogen-bond acceptors (Lipinski definition) is 10. The van der Waals surface area contributed by atoms with Crippen LogP contribution in [0.1, 0.15) is 45.2 Å². The molecular weight excluding hydrogens is 570 g/mol. The summed E-state index contributed by atoms with van der Waals surface area (Å²) in [6, 6.07) is -6.66. The van der Waals surface area contributed by atoms with Gasteiger partial charge < -0.3 is 59.4 Å². The number of nitrogens with two attached hydrogens (primary N) is 4. The van der Waals surface area contributed by atoms with Crippen LogP contribution in [0.4, 0.5) is 0 Å². The Morgan fingerprint density at radius 3 is 2.09 bits per heavy atom. The number of carbonyl (C=O) groups excluding carboxylic acids is 5. The topological polar surface area (TPSA) is 336 Å². The lowest BCUT2D eigenvalue weighted by Gasteiger charge is -2.27. The fourth-order valence-electron chi connectivity index (χ4n) is 3.60. The number of primary amides is 1. The number of guanidine groups is 1. The van der Waals surface area contributed by atoms with Gasteiger partial charge in [-0.3, -0.25) is 33.8 Å². The Morgan fingerprint density at radius 2 is 1.56 bits per heavy atom. The van der Waals surface area contributed by atoms with E-state index in [4.69, 9.17) is 28.0 Å². The van der Waals surface area contributed by atoms with Gasteiger partial charge in [0.2, 0.25) is 29.5 Å². The third kappa shape index (κ3) is 13.6. The van der Waals surface area contributed by atoms with E-state index >= 15 is 0 Å². The minimum Gasteiger partial charge on any atom is -0.480 e. The zero-order valence-corrected chi connectivity index (χ0v) is 23.9. The van der Waals surface area contributed by atoms with Crippen LogP contribution in [0.15, 0.2) is 17.5 Å². The summed E-state index contributed by atoms with van der Waals surface area (Å²) < 4.78 is 0. The lowest BCUT2D eigenvalue weighted by Crippen LogP contribution is -2.61. The van der Waals surface area contributed by atoms with E-state index in [2.05, 4.69) is 36.2 Å². The number of rotatable bonds is 19. The fraction of sp³-hybridized carbons (Fsp3) is 0.583. The van der Waals surface area contributed by atoms with Gasteiger partial charge in [-0.2, -0.15) is 0 Å². The highest BCUT2D eigenvalue weighted by molar-refractivity contribution is 5.95. The second-order valence-electron chi connectivity index (χ2n) is 9.76. The van der Waals surface area contributed by atoms with Gasteiger partial charge in [0.25, 0.3) is 0 Å². The van der Waals surface area contributed by atoms with Gasteiger partial charge >= 0.3 is 5.97 Å². The Labute approximate surface area is 247 Å². The van der Waals surface area contributed by atoms with Crippen molar-refractivity contribution >= 4 is 41.5 Å². The first kappa shape index (κ1) is 36.2. The predicted molar refractivity (Wildman–Crippen MR) is 151 cm³/mol. The number of H-pyrrole nitrogens is 1. The minimum absolute atomic E-state index is 0.0249. The molecule has 1 rings (SSSR count). The molecule has 0 aliphatic carbocycles. The van der Waals surface area contributed by atoms with Crippen LogP contribution >= 0.6 is 0 Å². The molecule has 15 N–H and O–H groups in total. The van der Waals surface area contributed by atoms with Crippen molar-refractivity contribution in [3.8, 4) is 0 Å². The Bertz CT molecular complexity index is 1140. The Hall–Kier alpha value is -4.78. The quantitative estimate of drug-likeness (QED) is 0.0398. The molecule has 0 aromatic carbocycles. The number of aliphatic carboxylic acids is 1. The maximum absolute atomic E-state index is 13.3. The predicted octanol–water partition coefficient (Wildman–Crippen LogP) is -4.98. The van der Waals surface area contributed by atoms with Crippen molar-refractivity contribution in [3.05, 3.63) is 18.2 Å². The van der Waals surface area contributed by atoms with E-state index < -0.39 is 71.8 Å². The van der Waals surface area contributed by atoms with Crippen molar-refractivity contribution in [2.24, 2.45) is 27.9 Å². The van der Waals surface area contributed by atoms with Gasteiger partial charge in [-0.05, 0) is 33.1 Å². The summed E-state index contributed by atoms with van der Waals surface area (Å²) in [6.45, 7) is 2.54. The fourth-order valence-corrected chi connectivity index (χ4v) is 3.60. The molecule has 1 heterocycles. The number of hydrogen-bond donors (Lipinski definition) is 11. The Morgan fingerprint density at radius 1 is 0.930 bits per heavy atom. The van der Waals surface area contributed by atoms with E-state index in [1.807, 2.05) is 0 Å². The number of aliphatic imine (C=N–C) groups is 1. The van der Waals surface area contributed by atoms with Gasteiger partial charge in [0.15, 0.2) is 5.96 Å². The number of aromatic nitrogens is 2. The number of carboxylic acids is 1. The lowest BCUT2D eigenvalue weighted by atomic mass is 10.1. The van der Waals surface area contributed by atoms with Crippen molar-refractivity contribution in [2.75, 3.05) is 6.54 Å². The van der Waals surface area contributed by atoms with E-state index in [0.717, 1.165) is 0 Å². The molecule has 0 aliphatic heterocycles. The first-order valence-electron chi connectivity index (χ1n) is 13.3. The van der Waals surface area contributed by atoms with E-state index in [1.165, 1.54) is 26.4 Å². The normalized spacial score (nSPS) is 15.0. The molecule has 0 radical (unpaired) electrons. The molecule has 240 valence electrons. The van der Waals surface area contributed by atoms with Crippen LogP contribution in [0.25, 0.3) is 0 Å². The highest BCUT2D eigenvalue weighted by atomic mass is 16.4. The second kappa shape index (κ2) is 17.9. The molecule has 0 unspecified atom stereocenters. The average molecular weight is 612 g/mol. The lowest BCUT2D eigenvalue weighted by molar-refractivity contribution is -0.142. The second-order valence-corrected chi connectivity index (χ2v) is 9.76. The van der Waals surface area contributed by atoms with Crippen molar-refractivity contribution in [1.29, 1.82) is 0 Å². The standard InChI is InChI=1S/C24H41N11O8/c1-11(23(42)43)32-20(39)15(4-3-7-30-24(27)28)33-22(41)18(12(2)36)35-21(40)16(8-13-9-29-10-31-13)34-19(38)14(25)5-6-17(26)37/h9-12,14-16,18,36H,3-8,25H2,1-2H3,(H2,26,37)(H,29,31)(H,32,39)(H,33,41)(H,34,38)(H,35,40)(H,42,43)(H4,27,28,30)/t11-,12+,14-,15-,16-,18-/m0/s1. The molecular formula is C24H41N11O8. The van der Waals surface area contributed by atoms with E-state index in [9.17, 15) is 33.9 Å². The van der Waals surface area contributed by atoms with Gasteiger partial charge in [-0.15, -0.1) is 0 Å². The number of amides is 5. The van der Waals surface area contributed by atoms with Gasteiger partial charge in [0, 0.05) is 31.3 Å². The van der Waals surface area contributed by atoms with Crippen molar-refractivity contribution in [3.63, 3.8) is 0 Å². The summed E-state index contributed by atoms with van der Waals surface area (Å²) in [5.41, 5.74) is 21.9. The third-order valence-electron chi connectivity index (χ3n) is 6.02. The van der Waals surface area contributed by atoms with Crippen LogP contribution in [-0.4, -0.2) is 105 Å². The number of aromatic amines is 1. The van der Waals surface area contributed by atoms with Gasteiger partial charge in [0.1, 0.15) is 24.2 Å². The molecule has 1 aromatic heterocycles. The number of nitrogens with zero attached hydrogens (tertiary/aromatic N) is 2. The first-order chi connectivity index (χ1) is 20.1. The average Bonchev–Trinajstić information content (AvgIpc) is 3.43. The molecule has 0 saturated heterocycles. The van der Waals surface area contributed by atoms with Crippen LogP contribution in [0.5, 0.6) is 0 Å². The number of aliphatic hydroxyl groups is 1. The molecule has 6 atom stereocenters. The maximum atomic E-state index is 13.3. The number of carboxylic acid groups (broad SMARTS) is 1. The molecule has 43 heavy (non-hydrogen) atoms. The summed E-state index contributed by atoms with van der Waals surface area (Å²) >= 11 is 0. The summed E-state index contributed by atoms with van der Waals surface area (Å²) in [5.74, 6) is -5.64. The van der Waals surface area contributed by atoms with Gasteiger partial charge in [0.05, 0.1) is 18.5 Å². The van der Waals surface area contributed by atoms with Crippen molar-refractivity contribution in [1.82, 2.24) is 31.2 Å². The summed E-state index contributed by atoms with van der Waals surface area (Å²) in [4.78, 5) is 84.6. The van der Waals surface area contributed by atoms with Crippen molar-refractivity contribution < 1.29 is 39.0 Å². The number of aliphatic hydroxyl groups excluding tert-OH is 1. The maximum Gasteiger partial charge on any atom is 0.325 e. The molecule has 0 aliphatic rings. The molecule has 0 bridgehead atoms. The Kier molecular flexibility index (Phi) is 15.1. The van der Waals surface area contributed by atoms with Crippen LogP contribution < -0.4 is 44.2 Å². The summed E-state index contributed by atoms with van der Waals surface area (Å²) in [6.07, 6.45) is 1.10. The first-order valence-corrected chi connectivity index (χ1v) is 13.3. The van der Waals surface area contributed by atoms with Gasteiger partial charge in [-0.25, -0.2) is 4.98 Å². The number of nitrogens with one attached hydrogen (secondary N) is 5. The molecule has 1 aromatic rings. The number of imidazole rings is 1. The zero-order chi connectivity index (χ0) is 32.7. The summed E-state index contributed by atoms with van der Waals surface area (Å²) in [5, 5.41) is 28.9. The van der Waals surface area contributed by atoms with Crippen LogP contribution in [0, 0.1) is 0 Å². The zero-order valence-electron chi connectivity index (χ0n) is 23.9. The monoisotopic (exact) mass is 611 g/mol. The van der Waals surface area contributed by atoms with E-state index in [0.29, 0.717) is 5.69 Å². The molecule has 0 saturated carbocycles. The Balaban J connectivity index is 3.10. The minimum atomic E-state index is -1.61. The van der Waals surface area contributed by atoms with Crippen LogP contribution in [0.2, 0.25) is 0 Å². The van der Waals surface area contributed by atoms with Crippen LogP contribution in [0.3, 0.4) is 0 Å². The van der Waals surface area contributed by atoms with Gasteiger partial charge in [-0.1, -0.05) is 0 Å². The molecule has 0 spiro atoms. The molecule has 19 heteroatoms.